The molecule has 1 unspecified atom stereocenters. The summed E-state index contributed by atoms with van der Waals surface area (Å²) < 4.78 is 20.5. The molecule has 2 saturated carbocycles. The molecule has 3 nitrogen and oxygen atoms in total. The van der Waals surface area contributed by atoms with Crippen LogP contribution in [-0.4, -0.2) is 18.6 Å². The molecule has 130 valence electrons. The molecule has 1 spiro atoms. The fraction of sp³-hybridized carbons (Fsp3) is 0.650. The molecule has 1 amide bonds. The van der Waals surface area contributed by atoms with E-state index in [-0.39, 0.29) is 40.6 Å². The van der Waals surface area contributed by atoms with E-state index in [0.29, 0.717) is 18.1 Å². The predicted molar refractivity (Wildman–Crippen MR) is 89.7 cm³/mol. The number of nitrogens with one attached hydrogen (secondary N) is 1. The van der Waals surface area contributed by atoms with Gasteiger partial charge in [0.25, 0.3) is 0 Å². The van der Waals surface area contributed by atoms with Crippen molar-refractivity contribution >= 4 is 5.91 Å². The molecule has 4 heteroatoms. The topological polar surface area (TPSA) is 38.3 Å². The zero-order chi connectivity index (χ0) is 17.1. The van der Waals surface area contributed by atoms with Gasteiger partial charge in [-0.1, -0.05) is 32.0 Å². The van der Waals surface area contributed by atoms with Gasteiger partial charge in [-0.2, -0.15) is 0 Å². The molecule has 0 aromatic heterocycles. The van der Waals surface area contributed by atoms with Crippen molar-refractivity contribution in [3.05, 3.63) is 35.6 Å². The van der Waals surface area contributed by atoms with Gasteiger partial charge in [-0.25, -0.2) is 4.39 Å². The Balaban J connectivity index is 1.74. The van der Waals surface area contributed by atoms with Crippen LogP contribution in [0, 0.1) is 28.5 Å². The first-order chi connectivity index (χ1) is 11.4. The molecular weight excluding hydrogens is 305 g/mol. The van der Waals surface area contributed by atoms with Crippen molar-refractivity contribution in [2.24, 2.45) is 22.7 Å². The van der Waals surface area contributed by atoms with Crippen molar-refractivity contribution in [2.45, 2.75) is 52.2 Å². The van der Waals surface area contributed by atoms with Crippen LogP contribution in [0.1, 0.15) is 51.7 Å². The minimum atomic E-state index is -0.197. The van der Waals surface area contributed by atoms with Gasteiger partial charge in [0.2, 0.25) is 5.91 Å². The molecule has 1 aromatic carbocycles. The summed E-state index contributed by atoms with van der Waals surface area (Å²) in [7, 11) is 0. The fourth-order valence-corrected chi connectivity index (χ4v) is 6.00. The summed E-state index contributed by atoms with van der Waals surface area (Å²) in [4.78, 5) is 11.8. The molecule has 1 N–H and O–H groups in total. The van der Waals surface area contributed by atoms with Crippen LogP contribution < -0.4 is 5.32 Å². The Morgan fingerprint density at radius 2 is 2.08 bits per heavy atom. The Labute approximate surface area is 143 Å². The molecule has 24 heavy (non-hydrogen) atoms. The van der Waals surface area contributed by atoms with Gasteiger partial charge in [-0.3, -0.25) is 4.79 Å². The van der Waals surface area contributed by atoms with E-state index >= 15 is 0 Å². The Kier molecular flexibility index (Phi) is 3.54. The third-order valence-electron chi connectivity index (χ3n) is 7.06. The summed E-state index contributed by atoms with van der Waals surface area (Å²) in [5.74, 6) is 0.675. The lowest BCUT2D eigenvalue weighted by atomic mass is 9.59. The second kappa shape index (κ2) is 5.29. The van der Waals surface area contributed by atoms with Crippen molar-refractivity contribution in [3.63, 3.8) is 0 Å². The van der Waals surface area contributed by atoms with E-state index in [1.807, 2.05) is 12.1 Å². The van der Waals surface area contributed by atoms with Gasteiger partial charge in [-0.05, 0) is 48.0 Å². The van der Waals surface area contributed by atoms with Crippen molar-refractivity contribution < 1.29 is 13.9 Å². The molecule has 1 aliphatic heterocycles. The highest BCUT2D eigenvalue weighted by Gasteiger charge is 2.68. The number of hydrogen-bond donors (Lipinski definition) is 1. The quantitative estimate of drug-likeness (QED) is 0.894. The number of benzene rings is 1. The molecule has 1 aromatic rings. The summed E-state index contributed by atoms with van der Waals surface area (Å²) in [5.41, 5.74) is 0.790. The smallest absolute Gasteiger partial charge is 0.217 e. The highest BCUT2D eigenvalue weighted by molar-refractivity contribution is 5.73. The summed E-state index contributed by atoms with van der Waals surface area (Å²) in [6.07, 6.45) is 2.93. The van der Waals surface area contributed by atoms with Gasteiger partial charge in [-0.15, -0.1) is 0 Å². The number of halogens is 1. The number of amides is 1. The summed E-state index contributed by atoms with van der Waals surface area (Å²) in [5, 5.41) is 3.25. The van der Waals surface area contributed by atoms with Crippen LogP contribution in [0.15, 0.2) is 24.3 Å². The van der Waals surface area contributed by atoms with Gasteiger partial charge >= 0.3 is 0 Å². The molecule has 5 atom stereocenters. The van der Waals surface area contributed by atoms with Crippen LogP contribution in [0.4, 0.5) is 4.39 Å². The van der Waals surface area contributed by atoms with Crippen LogP contribution >= 0.6 is 0 Å². The van der Waals surface area contributed by atoms with E-state index in [1.165, 1.54) is 6.07 Å². The standard InChI is InChI=1S/C20H26FNO2/c1-12(23)22-18-19(2,3)13-10-15-17(14-6-4-5-7-16(14)21)24-9-8-20(15,18)11-13/h4-7,13,15,17-18H,8-11H2,1-3H3,(H,22,23)/t13-,15-,17-,18+,20?/m1/s1. The summed E-state index contributed by atoms with van der Waals surface area (Å²) in [6.45, 7) is 6.78. The predicted octanol–water partition coefficient (Wildman–Crippen LogP) is 3.84. The Morgan fingerprint density at radius 3 is 2.79 bits per heavy atom. The van der Waals surface area contributed by atoms with Crippen LogP contribution in [0.3, 0.4) is 0 Å². The number of rotatable bonds is 2. The van der Waals surface area contributed by atoms with Gasteiger partial charge in [0.1, 0.15) is 5.82 Å². The maximum Gasteiger partial charge on any atom is 0.217 e. The number of ether oxygens (including phenoxy) is 1. The maximum atomic E-state index is 14.4. The maximum absolute atomic E-state index is 14.4. The van der Waals surface area contributed by atoms with Gasteiger partial charge in [0.05, 0.1) is 6.10 Å². The second-order valence-corrected chi connectivity index (χ2v) is 8.49. The van der Waals surface area contributed by atoms with E-state index < -0.39 is 0 Å². The Hall–Kier alpha value is -1.42. The lowest BCUT2D eigenvalue weighted by molar-refractivity contribution is -0.136. The number of fused-ring (bicyclic) bond motifs is 1. The average Bonchev–Trinajstić information content (AvgIpc) is 3.01. The van der Waals surface area contributed by atoms with E-state index in [1.54, 1.807) is 13.0 Å². The van der Waals surface area contributed by atoms with Crippen molar-refractivity contribution in [1.82, 2.24) is 5.32 Å². The third kappa shape index (κ3) is 2.08. The third-order valence-corrected chi connectivity index (χ3v) is 7.06. The average molecular weight is 331 g/mol. The molecule has 3 fully saturated rings. The minimum Gasteiger partial charge on any atom is -0.373 e. The van der Waals surface area contributed by atoms with Gasteiger partial charge < -0.3 is 10.1 Å². The minimum absolute atomic E-state index is 0.0303. The monoisotopic (exact) mass is 331 g/mol. The van der Waals surface area contributed by atoms with Gasteiger partial charge in [0.15, 0.2) is 0 Å². The van der Waals surface area contributed by atoms with E-state index in [2.05, 4.69) is 19.2 Å². The molecule has 1 saturated heterocycles. The van der Waals surface area contributed by atoms with Crippen molar-refractivity contribution in [3.8, 4) is 0 Å². The molecule has 2 aliphatic carbocycles. The number of carbonyl (C=O) groups excluding carboxylic acids is 1. The SMILES string of the molecule is CC(=O)N[C@H]1C(C)(C)[C@@H]2C[C@@H]3[C@@H](c4ccccc4F)OCCC31C2. The van der Waals surface area contributed by atoms with Crippen LogP contribution in [0.5, 0.6) is 0 Å². The molecule has 2 bridgehead atoms. The van der Waals surface area contributed by atoms with E-state index in [9.17, 15) is 9.18 Å². The normalized spacial score (nSPS) is 39.5. The Morgan fingerprint density at radius 1 is 1.33 bits per heavy atom. The summed E-state index contributed by atoms with van der Waals surface area (Å²) in [6, 6.07) is 7.11. The Bertz CT molecular complexity index is 673. The largest absolute Gasteiger partial charge is 0.373 e. The molecule has 0 radical (unpaired) electrons. The highest BCUT2D eigenvalue weighted by Crippen LogP contribution is 2.70. The first-order valence-corrected chi connectivity index (χ1v) is 8.99. The second-order valence-electron chi connectivity index (χ2n) is 8.49. The first-order valence-electron chi connectivity index (χ1n) is 8.99. The summed E-state index contributed by atoms with van der Waals surface area (Å²) >= 11 is 0. The van der Waals surface area contributed by atoms with Crippen LogP contribution in [0.2, 0.25) is 0 Å². The van der Waals surface area contributed by atoms with Crippen LogP contribution in [0.25, 0.3) is 0 Å². The lowest BCUT2D eigenvalue weighted by Gasteiger charge is -2.53. The van der Waals surface area contributed by atoms with E-state index in [0.717, 1.165) is 19.3 Å². The van der Waals surface area contributed by atoms with Crippen molar-refractivity contribution in [2.75, 3.05) is 6.61 Å². The molecular formula is C20H26FNO2. The first kappa shape index (κ1) is 16.1. The fourth-order valence-electron chi connectivity index (χ4n) is 6.00. The molecule has 1 heterocycles. The zero-order valence-electron chi connectivity index (χ0n) is 14.6. The van der Waals surface area contributed by atoms with E-state index in [4.69, 9.17) is 4.74 Å². The van der Waals surface area contributed by atoms with Crippen LogP contribution in [-0.2, 0) is 9.53 Å². The molecule has 4 rings (SSSR count). The lowest BCUT2D eigenvalue weighted by Crippen LogP contribution is -2.58. The number of hydrogen-bond acceptors (Lipinski definition) is 2. The number of carbonyl (C=O) groups is 1. The van der Waals surface area contributed by atoms with Gasteiger partial charge in [0, 0.05) is 25.1 Å². The molecule has 3 aliphatic rings. The highest BCUT2D eigenvalue weighted by atomic mass is 19.1. The van der Waals surface area contributed by atoms with Crippen molar-refractivity contribution in [1.29, 1.82) is 0 Å². The zero-order valence-corrected chi connectivity index (χ0v) is 14.6.